The number of Topliss-reactive ketones (excluding diaryl/α,β-unsaturated/α-hetero) is 1. The van der Waals surface area contributed by atoms with Crippen LogP contribution in [-0.4, -0.2) is 18.9 Å². The van der Waals surface area contributed by atoms with E-state index in [1.54, 1.807) is 0 Å². The highest BCUT2D eigenvalue weighted by atomic mass is 16.5. The summed E-state index contributed by atoms with van der Waals surface area (Å²) >= 11 is 0. The fourth-order valence-corrected chi connectivity index (χ4v) is 1.84. The second kappa shape index (κ2) is 6.18. The van der Waals surface area contributed by atoms with Crippen LogP contribution >= 0.6 is 0 Å². The lowest BCUT2D eigenvalue weighted by Crippen LogP contribution is -2.18. The first kappa shape index (κ1) is 13.4. The van der Waals surface area contributed by atoms with E-state index < -0.39 is 11.8 Å². The van der Waals surface area contributed by atoms with Crippen LogP contribution < -0.4 is 0 Å². The van der Waals surface area contributed by atoms with Crippen LogP contribution in [0.3, 0.4) is 0 Å². The molecule has 1 rings (SSSR count). The molecular formula is C14H18O3. The van der Waals surface area contributed by atoms with Crippen molar-refractivity contribution in [3.63, 3.8) is 0 Å². The Morgan fingerprint density at radius 1 is 1.35 bits per heavy atom. The normalized spacial score (nSPS) is 11.9. The van der Waals surface area contributed by atoms with Crippen LogP contribution in [0.4, 0.5) is 0 Å². The van der Waals surface area contributed by atoms with Crippen molar-refractivity contribution < 1.29 is 14.3 Å². The van der Waals surface area contributed by atoms with E-state index in [0.717, 1.165) is 17.5 Å². The van der Waals surface area contributed by atoms with Gasteiger partial charge in [-0.15, -0.1) is 0 Å². The highest BCUT2D eigenvalue weighted by molar-refractivity contribution is 6.33. The number of hydrogen-bond acceptors (Lipinski definition) is 3. The monoisotopic (exact) mass is 234 g/mol. The summed E-state index contributed by atoms with van der Waals surface area (Å²) in [5.41, 5.74) is 2.26. The average molecular weight is 234 g/mol. The lowest BCUT2D eigenvalue weighted by atomic mass is 9.90. The summed E-state index contributed by atoms with van der Waals surface area (Å²) in [6, 6.07) is 8.03. The van der Waals surface area contributed by atoms with Crippen LogP contribution in [-0.2, 0) is 14.3 Å². The molecule has 0 aliphatic rings. The highest BCUT2D eigenvalue weighted by Crippen LogP contribution is 2.24. The maximum Gasteiger partial charge on any atom is 0.374 e. The molecule has 0 aromatic heterocycles. The molecule has 0 aliphatic carbocycles. The van der Waals surface area contributed by atoms with E-state index in [-0.39, 0.29) is 12.3 Å². The fraction of sp³-hybridized carbons (Fsp3) is 0.429. The summed E-state index contributed by atoms with van der Waals surface area (Å²) in [6.45, 7) is 4.02. The number of aryl methyl sites for hydroxylation is 1. The molecule has 0 N–H and O–H groups in total. The van der Waals surface area contributed by atoms with E-state index in [1.165, 1.54) is 7.11 Å². The maximum absolute atomic E-state index is 11.5. The first-order chi connectivity index (χ1) is 8.08. The van der Waals surface area contributed by atoms with Crippen molar-refractivity contribution in [3.8, 4) is 0 Å². The van der Waals surface area contributed by atoms with E-state index in [0.29, 0.717) is 0 Å². The number of rotatable bonds is 5. The SMILES string of the molecule is CC[C@H](CC(=O)C(=O)OC)c1cccc(C)c1. The van der Waals surface area contributed by atoms with Crippen molar-refractivity contribution in [2.45, 2.75) is 32.6 Å². The van der Waals surface area contributed by atoms with Gasteiger partial charge in [0.05, 0.1) is 7.11 Å². The van der Waals surface area contributed by atoms with Crippen molar-refractivity contribution in [1.82, 2.24) is 0 Å². The number of ether oxygens (including phenoxy) is 1. The minimum atomic E-state index is -0.754. The van der Waals surface area contributed by atoms with Gasteiger partial charge in [0, 0.05) is 6.42 Å². The van der Waals surface area contributed by atoms with Gasteiger partial charge in [-0.25, -0.2) is 4.79 Å². The van der Waals surface area contributed by atoms with E-state index in [9.17, 15) is 9.59 Å². The van der Waals surface area contributed by atoms with Gasteiger partial charge < -0.3 is 4.74 Å². The van der Waals surface area contributed by atoms with Gasteiger partial charge in [-0.05, 0) is 24.8 Å². The zero-order valence-electron chi connectivity index (χ0n) is 10.5. The van der Waals surface area contributed by atoms with E-state index in [1.807, 2.05) is 32.0 Å². The van der Waals surface area contributed by atoms with Gasteiger partial charge in [0.15, 0.2) is 0 Å². The average Bonchev–Trinajstić information content (AvgIpc) is 2.34. The van der Waals surface area contributed by atoms with E-state index >= 15 is 0 Å². The molecule has 1 aromatic carbocycles. The second-order valence-corrected chi connectivity index (χ2v) is 4.14. The third-order valence-corrected chi connectivity index (χ3v) is 2.85. The standard InChI is InChI=1S/C14H18O3/c1-4-11(9-13(15)14(16)17-3)12-7-5-6-10(2)8-12/h5-8,11H,4,9H2,1-3H3/t11-/m1/s1. The minimum Gasteiger partial charge on any atom is -0.463 e. The molecule has 1 aromatic rings. The van der Waals surface area contributed by atoms with Gasteiger partial charge in [0.1, 0.15) is 0 Å². The van der Waals surface area contributed by atoms with Gasteiger partial charge in [-0.1, -0.05) is 36.8 Å². The van der Waals surface area contributed by atoms with Crippen molar-refractivity contribution in [3.05, 3.63) is 35.4 Å². The summed E-state index contributed by atoms with van der Waals surface area (Å²) in [5, 5.41) is 0. The molecule has 92 valence electrons. The molecule has 0 unspecified atom stereocenters. The van der Waals surface area contributed by atoms with Crippen molar-refractivity contribution in [2.24, 2.45) is 0 Å². The number of carbonyl (C=O) groups is 2. The molecule has 0 saturated heterocycles. The van der Waals surface area contributed by atoms with Crippen LogP contribution in [0, 0.1) is 6.92 Å². The molecule has 0 aliphatic heterocycles. The minimum absolute atomic E-state index is 0.0847. The zero-order chi connectivity index (χ0) is 12.8. The van der Waals surface area contributed by atoms with Gasteiger partial charge in [-0.2, -0.15) is 0 Å². The summed E-state index contributed by atoms with van der Waals surface area (Å²) in [7, 11) is 1.23. The molecule has 3 heteroatoms. The predicted molar refractivity (Wildman–Crippen MR) is 65.9 cm³/mol. The van der Waals surface area contributed by atoms with E-state index in [4.69, 9.17) is 0 Å². The Labute approximate surface area is 102 Å². The largest absolute Gasteiger partial charge is 0.463 e. The molecule has 0 spiro atoms. The van der Waals surface area contributed by atoms with E-state index in [2.05, 4.69) is 10.8 Å². The molecule has 0 saturated carbocycles. The number of hydrogen-bond donors (Lipinski definition) is 0. The second-order valence-electron chi connectivity index (χ2n) is 4.14. The van der Waals surface area contributed by atoms with Crippen LogP contribution in [0.2, 0.25) is 0 Å². The highest BCUT2D eigenvalue weighted by Gasteiger charge is 2.20. The lowest BCUT2D eigenvalue weighted by molar-refractivity contribution is -0.151. The van der Waals surface area contributed by atoms with Gasteiger partial charge >= 0.3 is 5.97 Å². The molecule has 0 radical (unpaired) electrons. The zero-order valence-corrected chi connectivity index (χ0v) is 10.5. The Morgan fingerprint density at radius 2 is 2.06 bits per heavy atom. The van der Waals surface area contributed by atoms with Gasteiger partial charge in [0.25, 0.3) is 0 Å². The maximum atomic E-state index is 11.5. The lowest BCUT2D eigenvalue weighted by Gasteiger charge is -2.14. The van der Waals surface area contributed by atoms with Crippen molar-refractivity contribution >= 4 is 11.8 Å². The third kappa shape index (κ3) is 3.70. The molecule has 3 nitrogen and oxygen atoms in total. The van der Waals surface area contributed by atoms with Crippen LogP contribution in [0.25, 0.3) is 0 Å². The third-order valence-electron chi connectivity index (χ3n) is 2.85. The molecule has 0 amide bonds. The quantitative estimate of drug-likeness (QED) is 0.581. The number of methoxy groups -OCH3 is 1. The van der Waals surface area contributed by atoms with Crippen LogP contribution in [0.15, 0.2) is 24.3 Å². The summed E-state index contributed by atoms with van der Waals surface area (Å²) in [5.74, 6) is -1.13. The van der Waals surface area contributed by atoms with Crippen molar-refractivity contribution in [1.29, 1.82) is 0 Å². The number of carbonyl (C=O) groups excluding carboxylic acids is 2. The van der Waals surface area contributed by atoms with Crippen LogP contribution in [0.1, 0.15) is 36.8 Å². The Balaban J connectivity index is 2.79. The van der Waals surface area contributed by atoms with Gasteiger partial charge in [0.2, 0.25) is 5.78 Å². The summed E-state index contributed by atoms with van der Waals surface area (Å²) in [6.07, 6.45) is 1.04. The molecular weight excluding hydrogens is 216 g/mol. The molecule has 1 atom stereocenters. The molecule has 0 bridgehead atoms. The van der Waals surface area contributed by atoms with Crippen LogP contribution in [0.5, 0.6) is 0 Å². The fourth-order valence-electron chi connectivity index (χ4n) is 1.84. The number of benzene rings is 1. The predicted octanol–water partition coefficient (Wildman–Crippen LogP) is 2.62. The topological polar surface area (TPSA) is 43.4 Å². The Bertz CT molecular complexity index is 410. The molecule has 0 fully saturated rings. The summed E-state index contributed by atoms with van der Waals surface area (Å²) < 4.78 is 4.43. The Hall–Kier alpha value is -1.64. The Kier molecular flexibility index (Phi) is 4.88. The first-order valence-electron chi connectivity index (χ1n) is 5.76. The van der Waals surface area contributed by atoms with Crippen molar-refractivity contribution in [2.75, 3.05) is 7.11 Å². The number of esters is 1. The van der Waals surface area contributed by atoms with Gasteiger partial charge in [-0.3, -0.25) is 4.79 Å². The summed E-state index contributed by atoms with van der Waals surface area (Å²) in [4.78, 5) is 22.6. The smallest absolute Gasteiger partial charge is 0.374 e. The molecule has 0 heterocycles. The molecule has 17 heavy (non-hydrogen) atoms. The number of ketones is 1. The Morgan fingerprint density at radius 3 is 2.59 bits per heavy atom. The first-order valence-corrected chi connectivity index (χ1v) is 5.76.